The van der Waals surface area contributed by atoms with Crippen LogP contribution >= 0.6 is 11.8 Å². The van der Waals surface area contributed by atoms with Crippen molar-refractivity contribution in [1.29, 1.82) is 0 Å². The van der Waals surface area contributed by atoms with Gasteiger partial charge in [-0.15, -0.1) is 16.8 Å². The highest BCUT2D eigenvalue weighted by Gasteiger charge is 2.18. The van der Waals surface area contributed by atoms with Crippen LogP contribution in [0.1, 0.15) is 18.0 Å². The minimum absolute atomic E-state index is 0.0869. The smallest absolute Gasteiger partial charge is 0.229 e. The maximum absolute atomic E-state index is 5.79. The van der Waals surface area contributed by atoms with E-state index in [-0.39, 0.29) is 11.2 Å². The molecule has 4 N–H and O–H groups in total. The van der Waals surface area contributed by atoms with Gasteiger partial charge < -0.3 is 16.4 Å². The second-order valence-electron chi connectivity index (χ2n) is 4.75. The van der Waals surface area contributed by atoms with Crippen LogP contribution in [0, 0.1) is 0 Å². The van der Waals surface area contributed by atoms with Gasteiger partial charge in [0.2, 0.25) is 17.8 Å². The lowest BCUT2D eigenvalue weighted by atomic mass is 10.4. The van der Waals surface area contributed by atoms with E-state index in [1.165, 1.54) is 11.8 Å². The summed E-state index contributed by atoms with van der Waals surface area (Å²) in [5.74, 6) is 1.63. The van der Waals surface area contributed by atoms with Crippen molar-refractivity contribution in [2.24, 2.45) is 0 Å². The molecular formula is C12H19N9S. The Bertz CT molecular complexity index is 667. The van der Waals surface area contributed by atoms with E-state index in [0.29, 0.717) is 29.4 Å². The molecule has 0 saturated carbocycles. The van der Waals surface area contributed by atoms with Crippen LogP contribution in [-0.2, 0) is 6.54 Å². The molecule has 0 bridgehead atoms. The quantitative estimate of drug-likeness (QED) is 0.585. The summed E-state index contributed by atoms with van der Waals surface area (Å²) in [5.41, 5.74) is 11.5. The third-order valence-corrected chi connectivity index (χ3v) is 3.84. The minimum atomic E-state index is -0.0869. The van der Waals surface area contributed by atoms with Crippen molar-refractivity contribution in [2.75, 3.05) is 30.5 Å². The Hall–Kier alpha value is -2.36. The van der Waals surface area contributed by atoms with Crippen molar-refractivity contribution in [3.05, 3.63) is 18.5 Å². The number of rotatable bonds is 6. The van der Waals surface area contributed by atoms with Gasteiger partial charge in [-0.25, -0.2) is 0 Å². The van der Waals surface area contributed by atoms with Crippen LogP contribution in [-0.4, -0.2) is 43.8 Å². The molecule has 0 unspecified atom stereocenters. The van der Waals surface area contributed by atoms with E-state index in [1.54, 1.807) is 15.5 Å². The molecule has 0 aliphatic heterocycles. The molecule has 1 atom stereocenters. The average Bonchev–Trinajstić information content (AvgIpc) is 2.80. The molecular weight excluding hydrogens is 302 g/mol. The number of hydrogen-bond donors (Lipinski definition) is 2. The normalized spacial score (nSPS) is 12.1. The number of nitrogen functional groups attached to an aromatic ring is 2. The SMILES string of the molecule is C=CCn1c(N)nnc1S[C@@H](C)c1nc(N)nc(N(C)C)n1. The van der Waals surface area contributed by atoms with Gasteiger partial charge in [0.1, 0.15) is 5.82 Å². The lowest BCUT2D eigenvalue weighted by Gasteiger charge is -2.14. The number of thioether (sulfide) groups is 1. The fourth-order valence-electron chi connectivity index (χ4n) is 1.68. The van der Waals surface area contributed by atoms with E-state index in [4.69, 9.17) is 11.5 Å². The Morgan fingerprint density at radius 2 is 2.00 bits per heavy atom. The highest BCUT2D eigenvalue weighted by atomic mass is 32.2. The summed E-state index contributed by atoms with van der Waals surface area (Å²) in [4.78, 5) is 14.5. The predicted molar refractivity (Wildman–Crippen MR) is 87.5 cm³/mol. The average molecular weight is 321 g/mol. The molecule has 2 heterocycles. The molecule has 9 nitrogen and oxygen atoms in total. The summed E-state index contributed by atoms with van der Waals surface area (Å²) in [6.07, 6.45) is 1.74. The first-order valence-electron chi connectivity index (χ1n) is 6.57. The lowest BCUT2D eigenvalue weighted by Crippen LogP contribution is -2.16. The van der Waals surface area contributed by atoms with E-state index < -0.39 is 0 Å². The summed E-state index contributed by atoms with van der Waals surface area (Å²) < 4.78 is 1.77. The number of nitrogens with two attached hydrogens (primary N) is 2. The molecule has 0 saturated heterocycles. The third kappa shape index (κ3) is 3.45. The molecule has 0 spiro atoms. The first-order chi connectivity index (χ1) is 10.4. The Morgan fingerprint density at radius 1 is 1.27 bits per heavy atom. The molecule has 2 rings (SSSR count). The van der Waals surface area contributed by atoms with E-state index in [1.807, 2.05) is 21.0 Å². The summed E-state index contributed by atoms with van der Waals surface area (Å²) in [6, 6.07) is 0. The van der Waals surface area contributed by atoms with Crippen LogP contribution in [0.4, 0.5) is 17.8 Å². The molecule has 2 aromatic rings. The van der Waals surface area contributed by atoms with Crippen LogP contribution in [0.3, 0.4) is 0 Å². The fourth-order valence-corrected chi connectivity index (χ4v) is 2.59. The Balaban J connectivity index is 2.26. The van der Waals surface area contributed by atoms with Crippen LogP contribution in [0.25, 0.3) is 0 Å². The Morgan fingerprint density at radius 3 is 2.64 bits per heavy atom. The van der Waals surface area contributed by atoms with Gasteiger partial charge in [-0.3, -0.25) is 4.57 Å². The van der Waals surface area contributed by atoms with Crippen LogP contribution in [0.5, 0.6) is 0 Å². The maximum Gasteiger partial charge on any atom is 0.229 e. The molecule has 0 radical (unpaired) electrons. The molecule has 0 fully saturated rings. The number of allylic oxidation sites excluding steroid dienone is 1. The summed E-state index contributed by atoms with van der Waals surface area (Å²) in [5, 5.41) is 8.54. The largest absolute Gasteiger partial charge is 0.368 e. The van der Waals surface area contributed by atoms with Gasteiger partial charge in [0.05, 0.1) is 5.25 Å². The first kappa shape index (κ1) is 16.0. The number of hydrogen-bond acceptors (Lipinski definition) is 9. The zero-order valence-electron chi connectivity index (χ0n) is 12.8. The highest BCUT2D eigenvalue weighted by molar-refractivity contribution is 7.99. The first-order valence-corrected chi connectivity index (χ1v) is 7.45. The number of anilines is 3. The van der Waals surface area contributed by atoms with Crippen molar-refractivity contribution in [3.8, 4) is 0 Å². The summed E-state index contributed by atoms with van der Waals surface area (Å²) in [7, 11) is 3.69. The molecule has 2 aromatic heterocycles. The zero-order chi connectivity index (χ0) is 16.3. The van der Waals surface area contributed by atoms with Crippen molar-refractivity contribution >= 4 is 29.6 Å². The summed E-state index contributed by atoms with van der Waals surface area (Å²) in [6.45, 7) is 6.20. The zero-order valence-corrected chi connectivity index (χ0v) is 13.6. The molecule has 22 heavy (non-hydrogen) atoms. The standard InChI is InChI=1S/C12H19N9S/c1-5-6-21-10(14)18-19-12(21)22-7(2)8-15-9(13)17-11(16-8)20(3)4/h5,7H,1,6H2,2-4H3,(H2,14,18)(H2,13,15,16,17)/t7-/m0/s1. The van der Waals surface area contributed by atoms with Gasteiger partial charge in [-0.1, -0.05) is 17.8 Å². The van der Waals surface area contributed by atoms with Gasteiger partial charge in [0.15, 0.2) is 5.16 Å². The second-order valence-corrected chi connectivity index (χ2v) is 6.05. The number of aromatic nitrogens is 6. The van der Waals surface area contributed by atoms with Crippen molar-refractivity contribution in [2.45, 2.75) is 23.9 Å². The topological polar surface area (TPSA) is 125 Å². The van der Waals surface area contributed by atoms with E-state index in [0.717, 1.165) is 0 Å². The van der Waals surface area contributed by atoms with Gasteiger partial charge in [0, 0.05) is 20.6 Å². The lowest BCUT2D eigenvalue weighted by molar-refractivity contribution is 0.729. The molecule has 118 valence electrons. The van der Waals surface area contributed by atoms with Crippen molar-refractivity contribution in [1.82, 2.24) is 29.7 Å². The highest BCUT2D eigenvalue weighted by Crippen LogP contribution is 2.33. The predicted octanol–water partition coefficient (Wildman–Crippen LogP) is 0.733. The minimum Gasteiger partial charge on any atom is -0.368 e. The fraction of sp³-hybridized carbons (Fsp3) is 0.417. The monoisotopic (exact) mass is 321 g/mol. The molecule has 10 heteroatoms. The van der Waals surface area contributed by atoms with Crippen LogP contribution in [0.2, 0.25) is 0 Å². The molecule has 0 aliphatic rings. The Kier molecular flexibility index (Phi) is 4.81. The van der Waals surface area contributed by atoms with E-state index in [2.05, 4.69) is 31.7 Å². The second kappa shape index (κ2) is 6.60. The van der Waals surface area contributed by atoms with Gasteiger partial charge in [-0.2, -0.15) is 15.0 Å². The maximum atomic E-state index is 5.79. The summed E-state index contributed by atoms with van der Waals surface area (Å²) >= 11 is 1.45. The van der Waals surface area contributed by atoms with E-state index >= 15 is 0 Å². The molecule has 0 aromatic carbocycles. The molecule has 0 aliphatic carbocycles. The van der Waals surface area contributed by atoms with Crippen LogP contribution < -0.4 is 16.4 Å². The molecule has 0 amide bonds. The van der Waals surface area contributed by atoms with Gasteiger partial charge >= 0.3 is 0 Å². The van der Waals surface area contributed by atoms with Gasteiger partial charge in [-0.05, 0) is 6.92 Å². The van der Waals surface area contributed by atoms with Crippen molar-refractivity contribution < 1.29 is 0 Å². The van der Waals surface area contributed by atoms with Crippen molar-refractivity contribution in [3.63, 3.8) is 0 Å². The van der Waals surface area contributed by atoms with Crippen LogP contribution in [0.15, 0.2) is 17.8 Å². The Labute approximate surface area is 132 Å². The van der Waals surface area contributed by atoms with E-state index in [9.17, 15) is 0 Å². The number of nitrogens with zero attached hydrogens (tertiary/aromatic N) is 7. The third-order valence-electron chi connectivity index (χ3n) is 2.76. The van der Waals surface area contributed by atoms with Gasteiger partial charge in [0.25, 0.3) is 0 Å².